The van der Waals surface area contributed by atoms with Gasteiger partial charge in [0, 0.05) is 5.02 Å². The van der Waals surface area contributed by atoms with Crippen molar-refractivity contribution in [3.8, 4) is 0 Å². The first-order chi connectivity index (χ1) is 6.50. The summed E-state index contributed by atoms with van der Waals surface area (Å²) in [6.45, 7) is 3.84. The predicted octanol–water partition coefficient (Wildman–Crippen LogP) is 3.23. The fourth-order valence-electron chi connectivity index (χ4n) is 1.41. The summed E-state index contributed by atoms with van der Waals surface area (Å²) in [7, 11) is 0. The van der Waals surface area contributed by atoms with Crippen molar-refractivity contribution in [2.45, 2.75) is 26.2 Å². The lowest BCUT2D eigenvalue weighted by Crippen LogP contribution is -2.03. The number of rotatable bonds is 3. The van der Waals surface area contributed by atoms with Crippen LogP contribution in [0, 0.1) is 6.92 Å². The largest absolute Gasteiger partial charge is 0.481 e. The Hall–Kier alpha value is -1.02. The summed E-state index contributed by atoms with van der Waals surface area (Å²) in [6, 6.07) is 5.67. The fraction of sp³-hybridized carbons (Fsp3) is 0.364. The van der Waals surface area contributed by atoms with Gasteiger partial charge in [0.05, 0.1) is 6.42 Å². The van der Waals surface area contributed by atoms with E-state index < -0.39 is 5.97 Å². The van der Waals surface area contributed by atoms with Gasteiger partial charge in [0.2, 0.25) is 0 Å². The average molecular weight is 213 g/mol. The Bertz CT molecular complexity index is 347. The quantitative estimate of drug-likeness (QED) is 0.835. The van der Waals surface area contributed by atoms with Crippen LogP contribution in [0.25, 0.3) is 0 Å². The molecule has 1 atom stereocenters. The third kappa shape index (κ3) is 2.74. The Morgan fingerprint density at radius 2 is 2.21 bits per heavy atom. The highest BCUT2D eigenvalue weighted by Crippen LogP contribution is 2.27. The number of carboxylic acid groups (broad SMARTS) is 1. The van der Waals surface area contributed by atoms with E-state index in [1.54, 1.807) is 0 Å². The van der Waals surface area contributed by atoms with Gasteiger partial charge in [-0.1, -0.05) is 36.2 Å². The first kappa shape index (κ1) is 11.1. The van der Waals surface area contributed by atoms with Crippen LogP contribution in [0.5, 0.6) is 0 Å². The maximum absolute atomic E-state index is 10.5. The van der Waals surface area contributed by atoms with E-state index in [0.29, 0.717) is 5.02 Å². The summed E-state index contributed by atoms with van der Waals surface area (Å²) in [5.74, 6) is -0.838. The van der Waals surface area contributed by atoms with E-state index >= 15 is 0 Å². The van der Waals surface area contributed by atoms with Crippen molar-refractivity contribution in [2.24, 2.45) is 0 Å². The molecule has 0 aliphatic heterocycles. The molecule has 0 aromatic heterocycles. The van der Waals surface area contributed by atoms with Gasteiger partial charge in [0.15, 0.2) is 0 Å². The molecule has 0 saturated heterocycles. The lowest BCUT2D eigenvalue weighted by Gasteiger charge is -2.11. The summed E-state index contributed by atoms with van der Waals surface area (Å²) in [6.07, 6.45) is 0.114. The number of benzene rings is 1. The molecule has 0 amide bonds. The van der Waals surface area contributed by atoms with E-state index in [1.807, 2.05) is 32.0 Å². The normalized spacial score (nSPS) is 12.5. The van der Waals surface area contributed by atoms with Crippen molar-refractivity contribution in [2.75, 3.05) is 0 Å². The van der Waals surface area contributed by atoms with E-state index in [-0.39, 0.29) is 12.3 Å². The molecule has 76 valence electrons. The molecule has 1 rings (SSSR count). The summed E-state index contributed by atoms with van der Waals surface area (Å²) >= 11 is 5.98. The molecular formula is C11H13ClO2. The molecule has 0 spiro atoms. The molecule has 0 fully saturated rings. The number of hydrogen-bond donors (Lipinski definition) is 1. The summed E-state index contributed by atoms with van der Waals surface area (Å²) < 4.78 is 0. The van der Waals surface area contributed by atoms with Gasteiger partial charge >= 0.3 is 5.97 Å². The van der Waals surface area contributed by atoms with Gasteiger partial charge in [-0.2, -0.15) is 0 Å². The van der Waals surface area contributed by atoms with E-state index in [4.69, 9.17) is 16.7 Å². The van der Waals surface area contributed by atoms with E-state index in [0.717, 1.165) is 11.1 Å². The van der Waals surface area contributed by atoms with Crippen LogP contribution in [-0.2, 0) is 4.79 Å². The molecule has 0 bridgehead atoms. The molecular weight excluding hydrogens is 200 g/mol. The maximum atomic E-state index is 10.5. The first-order valence-electron chi connectivity index (χ1n) is 4.48. The molecule has 14 heavy (non-hydrogen) atoms. The first-order valence-corrected chi connectivity index (χ1v) is 4.86. The smallest absolute Gasteiger partial charge is 0.303 e. The van der Waals surface area contributed by atoms with Gasteiger partial charge in [0.1, 0.15) is 0 Å². The third-order valence-electron chi connectivity index (χ3n) is 2.16. The number of aliphatic carboxylic acids is 1. The van der Waals surface area contributed by atoms with Crippen LogP contribution in [0.1, 0.15) is 30.4 Å². The van der Waals surface area contributed by atoms with Crippen LogP contribution in [-0.4, -0.2) is 11.1 Å². The molecule has 0 radical (unpaired) electrons. The molecule has 3 heteroatoms. The van der Waals surface area contributed by atoms with E-state index in [2.05, 4.69) is 0 Å². The zero-order chi connectivity index (χ0) is 10.7. The number of hydrogen-bond acceptors (Lipinski definition) is 1. The minimum absolute atomic E-state index is 0.0418. The zero-order valence-corrected chi connectivity index (χ0v) is 9.01. The highest BCUT2D eigenvalue weighted by molar-refractivity contribution is 6.31. The Labute approximate surface area is 88.5 Å². The molecule has 0 aliphatic carbocycles. The fourth-order valence-corrected chi connectivity index (χ4v) is 1.72. The zero-order valence-electron chi connectivity index (χ0n) is 8.25. The average Bonchev–Trinajstić information content (AvgIpc) is 2.08. The Balaban J connectivity index is 2.93. The Kier molecular flexibility index (Phi) is 3.53. The summed E-state index contributed by atoms with van der Waals surface area (Å²) in [5.41, 5.74) is 2.01. The highest BCUT2D eigenvalue weighted by Gasteiger charge is 2.13. The monoisotopic (exact) mass is 212 g/mol. The topological polar surface area (TPSA) is 37.3 Å². The predicted molar refractivity (Wildman–Crippen MR) is 56.9 cm³/mol. The van der Waals surface area contributed by atoms with E-state index in [1.165, 1.54) is 0 Å². The minimum atomic E-state index is -0.796. The number of halogens is 1. The van der Waals surface area contributed by atoms with Gasteiger partial charge in [-0.3, -0.25) is 4.79 Å². The van der Waals surface area contributed by atoms with Crippen molar-refractivity contribution in [3.05, 3.63) is 34.3 Å². The molecule has 1 aromatic rings. The van der Waals surface area contributed by atoms with Crippen molar-refractivity contribution in [3.63, 3.8) is 0 Å². The van der Waals surface area contributed by atoms with Gasteiger partial charge in [-0.15, -0.1) is 0 Å². The molecule has 2 nitrogen and oxygen atoms in total. The number of carbonyl (C=O) groups is 1. The minimum Gasteiger partial charge on any atom is -0.481 e. The van der Waals surface area contributed by atoms with Gasteiger partial charge in [0.25, 0.3) is 0 Å². The molecule has 1 aromatic carbocycles. The third-order valence-corrected chi connectivity index (χ3v) is 2.51. The van der Waals surface area contributed by atoms with Crippen molar-refractivity contribution < 1.29 is 9.90 Å². The van der Waals surface area contributed by atoms with Crippen LogP contribution >= 0.6 is 11.6 Å². The SMILES string of the molecule is Cc1ccc(Cl)c([C@H](C)CC(=O)O)c1. The lowest BCUT2D eigenvalue weighted by atomic mass is 9.96. The second kappa shape index (κ2) is 4.47. The molecule has 0 unspecified atom stereocenters. The lowest BCUT2D eigenvalue weighted by molar-refractivity contribution is -0.137. The van der Waals surface area contributed by atoms with Crippen LogP contribution in [0.15, 0.2) is 18.2 Å². The van der Waals surface area contributed by atoms with Gasteiger partial charge in [-0.25, -0.2) is 0 Å². The summed E-state index contributed by atoms with van der Waals surface area (Å²) in [5, 5.41) is 9.31. The summed E-state index contributed by atoms with van der Waals surface area (Å²) in [4.78, 5) is 10.5. The van der Waals surface area contributed by atoms with Crippen molar-refractivity contribution >= 4 is 17.6 Å². The van der Waals surface area contributed by atoms with Gasteiger partial charge < -0.3 is 5.11 Å². The van der Waals surface area contributed by atoms with E-state index in [9.17, 15) is 4.79 Å². The van der Waals surface area contributed by atoms with Crippen LogP contribution in [0.2, 0.25) is 5.02 Å². The second-order valence-electron chi connectivity index (χ2n) is 3.52. The van der Waals surface area contributed by atoms with Crippen molar-refractivity contribution in [1.29, 1.82) is 0 Å². The van der Waals surface area contributed by atoms with Crippen LogP contribution in [0.4, 0.5) is 0 Å². The Morgan fingerprint density at radius 3 is 2.79 bits per heavy atom. The second-order valence-corrected chi connectivity index (χ2v) is 3.93. The van der Waals surface area contributed by atoms with Gasteiger partial charge in [-0.05, 0) is 24.5 Å². The molecule has 0 saturated carbocycles. The Morgan fingerprint density at radius 1 is 1.57 bits per heavy atom. The maximum Gasteiger partial charge on any atom is 0.303 e. The standard InChI is InChI=1S/C11H13ClO2/c1-7-3-4-10(12)9(5-7)8(2)6-11(13)14/h3-5,8H,6H2,1-2H3,(H,13,14)/t8-/m1/s1. The van der Waals surface area contributed by atoms with Crippen molar-refractivity contribution in [1.82, 2.24) is 0 Å². The van der Waals surface area contributed by atoms with Crippen LogP contribution in [0.3, 0.4) is 0 Å². The highest BCUT2D eigenvalue weighted by atomic mass is 35.5. The molecule has 1 N–H and O–H groups in total. The van der Waals surface area contributed by atoms with Crippen LogP contribution < -0.4 is 0 Å². The number of aryl methyl sites for hydroxylation is 1. The molecule has 0 aliphatic rings. The molecule has 0 heterocycles. The number of carboxylic acids is 1.